The van der Waals surface area contributed by atoms with Crippen molar-refractivity contribution in [1.82, 2.24) is 15.0 Å². The first-order valence-electron chi connectivity index (χ1n) is 9.66. The number of para-hydroxylation sites is 1. The quantitative estimate of drug-likeness (QED) is 0.381. The largest absolute Gasteiger partial charge is 0.478 e. The standard InChI is InChI=1S/C24H20N4O3/c1-15-7-8-16(2)28(15)22-13-18(10-12-20(22)24(30)31)23(29)27-25-14-19-11-9-17-5-3-4-6-21(17)26-19/h3-14H,1-2H3,(H,27,29)(H,30,31)/b25-14+. The van der Waals surface area contributed by atoms with Gasteiger partial charge in [-0.3, -0.25) is 4.79 Å². The molecule has 2 aromatic carbocycles. The van der Waals surface area contributed by atoms with Gasteiger partial charge in [0.15, 0.2) is 0 Å². The number of hydrogen-bond acceptors (Lipinski definition) is 4. The number of aromatic nitrogens is 2. The molecule has 0 radical (unpaired) electrons. The van der Waals surface area contributed by atoms with Crippen molar-refractivity contribution in [1.29, 1.82) is 0 Å². The lowest BCUT2D eigenvalue weighted by atomic mass is 10.1. The van der Waals surface area contributed by atoms with Gasteiger partial charge < -0.3 is 9.67 Å². The smallest absolute Gasteiger partial charge is 0.337 e. The predicted octanol–water partition coefficient (Wildman–Crippen LogP) is 4.10. The van der Waals surface area contributed by atoms with Crippen molar-refractivity contribution in [2.45, 2.75) is 13.8 Å². The number of nitrogens with zero attached hydrogens (tertiary/aromatic N) is 3. The van der Waals surface area contributed by atoms with Gasteiger partial charge in [-0.1, -0.05) is 24.3 Å². The van der Waals surface area contributed by atoms with E-state index >= 15 is 0 Å². The Kier molecular flexibility index (Phi) is 5.32. The molecule has 4 rings (SSSR count). The maximum absolute atomic E-state index is 12.6. The second kappa shape index (κ2) is 8.23. The van der Waals surface area contributed by atoms with E-state index in [1.54, 1.807) is 6.07 Å². The van der Waals surface area contributed by atoms with Crippen LogP contribution >= 0.6 is 0 Å². The Morgan fingerprint density at radius 2 is 1.74 bits per heavy atom. The molecule has 154 valence electrons. The number of carboxylic acids is 1. The number of aryl methyl sites for hydroxylation is 2. The summed E-state index contributed by atoms with van der Waals surface area (Å²) in [4.78, 5) is 28.8. The number of carbonyl (C=O) groups is 2. The Balaban J connectivity index is 1.59. The number of hydrazone groups is 1. The van der Waals surface area contributed by atoms with Crippen molar-refractivity contribution in [2.75, 3.05) is 0 Å². The summed E-state index contributed by atoms with van der Waals surface area (Å²) in [6.45, 7) is 3.76. The summed E-state index contributed by atoms with van der Waals surface area (Å²) in [5.41, 5.74) is 6.52. The summed E-state index contributed by atoms with van der Waals surface area (Å²) < 4.78 is 1.81. The molecule has 2 heterocycles. The first-order valence-corrected chi connectivity index (χ1v) is 9.66. The van der Waals surface area contributed by atoms with E-state index in [-0.39, 0.29) is 5.56 Å². The van der Waals surface area contributed by atoms with Gasteiger partial charge in [0, 0.05) is 22.3 Å². The minimum Gasteiger partial charge on any atom is -0.478 e. The van der Waals surface area contributed by atoms with Crippen LogP contribution in [-0.4, -0.2) is 32.7 Å². The van der Waals surface area contributed by atoms with Gasteiger partial charge in [-0.2, -0.15) is 5.10 Å². The molecule has 2 aromatic heterocycles. The predicted molar refractivity (Wildman–Crippen MR) is 119 cm³/mol. The first kappa shape index (κ1) is 20.0. The van der Waals surface area contributed by atoms with Gasteiger partial charge in [-0.05, 0) is 56.3 Å². The van der Waals surface area contributed by atoms with Gasteiger partial charge in [0.1, 0.15) is 0 Å². The normalized spacial score (nSPS) is 11.2. The lowest BCUT2D eigenvalue weighted by Crippen LogP contribution is -2.19. The Hall–Kier alpha value is -4.26. The van der Waals surface area contributed by atoms with Gasteiger partial charge in [0.05, 0.1) is 28.7 Å². The number of amides is 1. The molecule has 0 spiro atoms. The zero-order valence-corrected chi connectivity index (χ0v) is 17.0. The number of pyridine rings is 1. The van der Waals surface area contributed by atoms with Gasteiger partial charge in [0.25, 0.3) is 5.91 Å². The van der Waals surface area contributed by atoms with E-state index in [4.69, 9.17) is 0 Å². The lowest BCUT2D eigenvalue weighted by molar-refractivity contribution is 0.0696. The van der Waals surface area contributed by atoms with Gasteiger partial charge in [-0.15, -0.1) is 0 Å². The van der Waals surface area contributed by atoms with Crippen LogP contribution < -0.4 is 5.43 Å². The summed E-state index contributed by atoms with van der Waals surface area (Å²) in [5, 5.41) is 14.6. The molecule has 31 heavy (non-hydrogen) atoms. The van der Waals surface area contributed by atoms with E-state index < -0.39 is 11.9 Å². The Labute approximate surface area is 178 Å². The molecule has 7 heteroatoms. The SMILES string of the molecule is Cc1ccc(C)n1-c1cc(C(=O)N/N=C/c2ccc3ccccc3n2)ccc1C(=O)O. The molecular formula is C24H20N4O3. The van der Waals surface area contributed by atoms with Crippen LogP contribution in [0.5, 0.6) is 0 Å². The average molecular weight is 412 g/mol. The molecule has 0 fully saturated rings. The number of rotatable bonds is 5. The van der Waals surface area contributed by atoms with Crippen molar-refractivity contribution < 1.29 is 14.7 Å². The van der Waals surface area contributed by atoms with Crippen molar-refractivity contribution in [2.24, 2.45) is 5.10 Å². The number of benzene rings is 2. The fraction of sp³-hybridized carbons (Fsp3) is 0.0833. The molecule has 0 saturated carbocycles. The fourth-order valence-electron chi connectivity index (χ4n) is 3.46. The Morgan fingerprint density at radius 3 is 2.48 bits per heavy atom. The maximum Gasteiger partial charge on any atom is 0.337 e. The highest BCUT2D eigenvalue weighted by Crippen LogP contribution is 2.22. The van der Waals surface area contributed by atoms with Crippen LogP contribution in [0.3, 0.4) is 0 Å². The highest BCUT2D eigenvalue weighted by molar-refractivity contribution is 5.98. The van der Waals surface area contributed by atoms with E-state index in [1.165, 1.54) is 18.3 Å². The molecule has 7 nitrogen and oxygen atoms in total. The molecule has 0 atom stereocenters. The molecule has 0 saturated heterocycles. The minimum absolute atomic E-state index is 0.114. The van der Waals surface area contributed by atoms with E-state index in [9.17, 15) is 14.7 Å². The van der Waals surface area contributed by atoms with Crippen LogP contribution in [0.1, 0.15) is 37.8 Å². The second-order valence-corrected chi connectivity index (χ2v) is 7.12. The van der Waals surface area contributed by atoms with Crippen LogP contribution in [0.4, 0.5) is 0 Å². The van der Waals surface area contributed by atoms with E-state index in [1.807, 2.05) is 66.9 Å². The third-order valence-corrected chi connectivity index (χ3v) is 4.99. The lowest BCUT2D eigenvalue weighted by Gasteiger charge is -2.14. The molecule has 0 aliphatic heterocycles. The molecule has 0 bridgehead atoms. The Morgan fingerprint density at radius 1 is 1.00 bits per heavy atom. The van der Waals surface area contributed by atoms with Crippen LogP contribution in [0.2, 0.25) is 0 Å². The second-order valence-electron chi connectivity index (χ2n) is 7.12. The van der Waals surface area contributed by atoms with Crippen LogP contribution in [0, 0.1) is 13.8 Å². The van der Waals surface area contributed by atoms with Gasteiger partial charge in [0.2, 0.25) is 0 Å². The van der Waals surface area contributed by atoms with Crippen molar-refractivity contribution in [3.8, 4) is 5.69 Å². The maximum atomic E-state index is 12.6. The zero-order chi connectivity index (χ0) is 22.0. The highest BCUT2D eigenvalue weighted by Gasteiger charge is 2.17. The number of fused-ring (bicyclic) bond motifs is 1. The third kappa shape index (κ3) is 4.06. The number of hydrogen-bond donors (Lipinski definition) is 2. The molecule has 2 N–H and O–H groups in total. The molecule has 0 aliphatic carbocycles. The third-order valence-electron chi connectivity index (χ3n) is 4.99. The number of carboxylic acid groups (broad SMARTS) is 1. The summed E-state index contributed by atoms with van der Waals surface area (Å²) in [5.74, 6) is -1.51. The molecular weight excluding hydrogens is 392 g/mol. The van der Waals surface area contributed by atoms with Crippen molar-refractivity contribution >= 4 is 29.0 Å². The van der Waals surface area contributed by atoms with Crippen molar-refractivity contribution in [3.05, 3.63) is 94.9 Å². The van der Waals surface area contributed by atoms with Crippen LogP contribution in [0.25, 0.3) is 16.6 Å². The molecule has 1 amide bonds. The van der Waals surface area contributed by atoms with Crippen LogP contribution in [0.15, 0.2) is 71.8 Å². The number of nitrogens with one attached hydrogen (secondary N) is 1. The molecule has 4 aromatic rings. The summed E-state index contributed by atoms with van der Waals surface area (Å²) >= 11 is 0. The number of aromatic carboxylic acids is 1. The van der Waals surface area contributed by atoms with E-state index in [0.717, 1.165) is 22.3 Å². The monoisotopic (exact) mass is 412 g/mol. The van der Waals surface area contributed by atoms with E-state index in [2.05, 4.69) is 15.5 Å². The van der Waals surface area contributed by atoms with Crippen molar-refractivity contribution in [3.63, 3.8) is 0 Å². The summed E-state index contributed by atoms with van der Waals surface area (Å²) in [6, 6.07) is 19.7. The Bertz CT molecular complexity index is 1320. The van der Waals surface area contributed by atoms with Crippen LogP contribution in [-0.2, 0) is 0 Å². The summed E-state index contributed by atoms with van der Waals surface area (Å²) in [7, 11) is 0. The zero-order valence-electron chi connectivity index (χ0n) is 17.0. The average Bonchev–Trinajstić information content (AvgIpc) is 3.10. The van der Waals surface area contributed by atoms with Gasteiger partial charge >= 0.3 is 5.97 Å². The molecule has 0 aliphatic rings. The van der Waals surface area contributed by atoms with E-state index in [0.29, 0.717) is 16.9 Å². The minimum atomic E-state index is -1.06. The highest BCUT2D eigenvalue weighted by atomic mass is 16.4. The van der Waals surface area contributed by atoms with Gasteiger partial charge in [-0.25, -0.2) is 15.2 Å². The fourth-order valence-corrected chi connectivity index (χ4v) is 3.46. The number of carbonyl (C=O) groups excluding carboxylic acids is 1. The summed E-state index contributed by atoms with van der Waals surface area (Å²) in [6.07, 6.45) is 1.47. The topological polar surface area (TPSA) is 96.6 Å². The first-order chi connectivity index (χ1) is 14.9. The molecule has 0 unspecified atom stereocenters.